The van der Waals surface area contributed by atoms with Crippen molar-refractivity contribution >= 4 is 13.1 Å². The second kappa shape index (κ2) is 8.84. The third kappa shape index (κ3) is 6.27. The lowest BCUT2D eigenvalue weighted by molar-refractivity contribution is -0.487. The molecule has 0 spiro atoms. The molecule has 0 unspecified atom stereocenters. The molecular formula is C19H27BF4N2. The summed E-state index contributed by atoms with van der Waals surface area (Å²) in [6.07, 6.45) is 10.4. The van der Waals surface area contributed by atoms with E-state index in [1.54, 1.807) is 0 Å². The molecule has 2 N–H and O–H groups in total. The van der Waals surface area contributed by atoms with Crippen molar-refractivity contribution < 1.29 is 22.6 Å². The molecule has 1 saturated carbocycles. The highest BCUT2D eigenvalue weighted by Crippen LogP contribution is 2.27. The van der Waals surface area contributed by atoms with Crippen LogP contribution in [-0.2, 0) is 0 Å². The topological polar surface area (TPSA) is 29.0 Å². The maximum absolute atomic E-state index is 9.75. The fourth-order valence-corrected chi connectivity index (χ4v) is 3.93. The Morgan fingerprint density at radius 1 is 0.923 bits per heavy atom. The van der Waals surface area contributed by atoms with Crippen LogP contribution in [0.2, 0.25) is 0 Å². The highest BCUT2D eigenvalue weighted by Gasteiger charge is 2.27. The molecule has 0 saturated heterocycles. The lowest BCUT2D eigenvalue weighted by Gasteiger charge is -2.14. The van der Waals surface area contributed by atoms with Gasteiger partial charge in [0, 0.05) is 5.92 Å². The van der Waals surface area contributed by atoms with Crippen molar-refractivity contribution in [2.75, 3.05) is 0 Å². The van der Waals surface area contributed by atoms with Crippen molar-refractivity contribution in [1.82, 2.24) is 0 Å². The van der Waals surface area contributed by atoms with E-state index in [1.165, 1.54) is 72.3 Å². The average molecular weight is 370 g/mol. The zero-order valence-corrected chi connectivity index (χ0v) is 15.7. The number of nitrogens with two attached hydrogens (primary N) is 1. The normalized spacial score (nSPS) is 18.6. The number of amidine groups is 1. The molecule has 1 aliphatic heterocycles. The molecule has 1 aliphatic carbocycles. The lowest BCUT2D eigenvalue weighted by atomic mass is 9.96. The van der Waals surface area contributed by atoms with Crippen molar-refractivity contribution in [2.45, 2.75) is 59.3 Å². The number of nitrogens with zero attached hydrogens (tertiary/aromatic N) is 1. The molecule has 1 aromatic carbocycles. The molecule has 0 atom stereocenters. The molecule has 0 aromatic heterocycles. The summed E-state index contributed by atoms with van der Waals surface area (Å²) in [5.74, 6) is 1.91. The smallest absolute Gasteiger partial charge is 0.418 e. The minimum Gasteiger partial charge on any atom is -0.418 e. The summed E-state index contributed by atoms with van der Waals surface area (Å²) in [5, 5.41) is 2.35. The first-order valence-electron chi connectivity index (χ1n) is 9.23. The molecule has 0 radical (unpaired) electrons. The zero-order chi connectivity index (χ0) is 19.3. The van der Waals surface area contributed by atoms with Gasteiger partial charge in [-0.2, -0.15) is 4.99 Å². The maximum atomic E-state index is 9.75. The number of hydrogen-bond acceptors (Lipinski definition) is 1. The standard InChI is InChI=1S/C19H26N2.BF4/c1-13-10-14(2)18(15(3)11-13)19-20-12-17(21-19)16-8-6-4-5-7-9-16;2-1(3,4)5/h10-12,16H,4-9H2,1-3H3,(H,20,21);/q;-1/p+1. The average Bonchev–Trinajstić information content (AvgIpc) is 2.79. The number of halogens is 4. The third-order valence-corrected chi connectivity index (χ3v) is 4.92. The van der Waals surface area contributed by atoms with Crippen LogP contribution in [-0.4, -0.2) is 13.1 Å². The number of aliphatic imine (C=N–C) groups is 1. The first-order chi connectivity index (χ1) is 12.1. The molecule has 7 heteroatoms. The number of quaternary nitrogens is 1. The van der Waals surface area contributed by atoms with Crippen LogP contribution in [0.15, 0.2) is 29.0 Å². The Kier molecular flexibility index (Phi) is 7.04. The van der Waals surface area contributed by atoms with E-state index in [4.69, 9.17) is 4.99 Å². The molecule has 26 heavy (non-hydrogen) atoms. The molecule has 144 valence electrons. The highest BCUT2D eigenvalue weighted by atomic mass is 19.5. The predicted octanol–water partition coefficient (Wildman–Crippen LogP) is 5.05. The van der Waals surface area contributed by atoms with Crippen molar-refractivity contribution in [3.63, 3.8) is 0 Å². The second-order valence-corrected chi connectivity index (χ2v) is 7.24. The van der Waals surface area contributed by atoms with Crippen LogP contribution < -0.4 is 5.32 Å². The molecule has 3 rings (SSSR count). The Morgan fingerprint density at radius 3 is 1.92 bits per heavy atom. The van der Waals surface area contributed by atoms with Gasteiger partial charge in [0.2, 0.25) is 5.84 Å². The van der Waals surface area contributed by atoms with E-state index >= 15 is 0 Å². The largest absolute Gasteiger partial charge is 0.673 e. The van der Waals surface area contributed by atoms with Crippen LogP contribution in [0.1, 0.15) is 60.8 Å². The fraction of sp³-hybridized carbons (Fsp3) is 0.526. The number of hydrogen-bond donors (Lipinski definition) is 1. The van der Waals surface area contributed by atoms with Gasteiger partial charge in [-0.25, -0.2) is 0 Å². The van der Waals surface area contributed by atoms with Crippen LogP contribution in [0.5, 0.6) is 0 Å². The molecule has 1 fully saturated rings. The Bertz CT molecular complexity index is 658. The Hall–Kier alpha value is -1.63. The van der Waals surface area contributed by atoms with E-state index in [0.717, 1.165) is 5.92 Å². The van der Waals surface area contributed by atoms with Gasteiger partial charge in [-0.15, -0.1) is 0 Å². The summed E-state index contributed by atoms with van der Waals surface area (Å²) >= 11 is 0. The monoisotopic (exact) mass is 370 g/mol. The quantitative estimate of drug-likeness (QED) is 0.429. The summed E-state index contributed by atoms with van der Waals surface area (Å²) in [6.45, 7) is 6.57. The number of benzene rings is 1. The number of allylic oxidation sites excluding steroid dienone is 1. The van der Waals surface area contributed by atoms with E-state index in [-0.39, 0.29) is 0 Å². The van der Waals surface area contributed by atoms with Gasteiger partial charge >= 0.3 is 7.25 Å². The zero-order valence-electron chi connectivity index (χ0n) is 15.7. The van der Waals surface area contributed by atoms with E-state index in [9.17, 15) is 17.3 Å². The summed E-state index contributed by atoms with van der Waals surface area (Å²) < 4.78 is 39.0. The lowest BCUT2D eigenvalue weighted by Crippen LogP contribution is -2.85. The SMILES string of the molecule is Cc1cc(C)c(C2=NC=C(C3CCCCCC3)[NH2+]2)c(C)c1.F[B-](F)(F)F. The van der Waals surface area contributed by atoms with Gasteiger partial charge < -0.3 is 17.3 Å². The van der Waals surface area contributed by atoms with E-state index in [0.29, 0.717) is 0 Å². The van der Waals surface area contributed by atoms with Gasteiger partial charge in [0.1, 0.15) is 5.70 Å². The van der Waals surface area contributed by atoms with E-state index in [1.807, 2.05) is 0 Å². The molecular weight excluding hydrogens is 343 g/mol. The Balaban J connectivity index is 0.000000431. The van der Waals surface area contributed by atoms with Crippen LogP contribution in [0.4, 0.5) is 17.3 Å². The van der Waals surface area contributed by atoms with Gasteiger partial charge in [0.25, 0.3) is 0 Å². The summed E-state index contributed by atoms with van der Waals surface area (Å²) in [6, 6.07) is 4.53. The van der Waals surface area contributed by atoms with Crippen molar-refractivity contribution in [1.29, 1.82) is 0 Å². The van der Waals surface area contributed by atoms with Crippen LogP contribution in [0.25, 0.3) is 0 Å². The molecule has 1 heterocycles. The number of rotatable bonds is 2. The van der Waals surface area contributed by atoms with Gasteiger partial charge in [-0.1, -0.05) is 43.4 Å². The molecule has 2 aliphatic rings. The minimum atomic E-state index is -6.00. The second-order valence-electron chi connectivity index (χ2n) is 7.24. The molecule has 0 bridgehead atoms. The summed E-state index contributed by atoms with van der Waals surface area (Å²) in [4.78, 5) is 4.74. The van der Waals surface area contributed by atoms with E-state index in [2.05, 4.69) is 44.4 Å². The van der Waals surface area contributed by atoms with Crippen LogP contribution in [0, 0.1) is 26.7 Å². The van der Waals surface area contributed by atoms with Gasteiger partial charge in [0.05, 0.1) is 11.8 Å². The maximum Gasteiger partial charge on any atom is 0.673 e. The third-order valence-electron chi connectivity index (χ3n) is 4.92. The van der Waals surface area contributed by atoms with Crippen molar-refractivity contribution in [3.05, 3.63) is 46.3 Å². The van der Waals surface area contributed by atoms with Gasteiger partial charge in [0.15, 0.2) is 0 Å². The predicted molar refractivity (Wildman–Crippen MR) is 98.6 cm³/mol. The van der Waals surface area contributed by atoms with Crippen molar-refractivity contribution in [3.8, 4) is 0 Å². The minimum absolute atomic E-state index is 0.736. The molecule has 1 aromatic rings. The van der Waals surface area contributed by atoms with Crippen LogP contribution >= 0.6 is 0 Å². The fourth-order valence-electron chi connectivity index (χ4n) is 3.93. The van der Waals surface area contributed by atoms with Gasteiger partial charge in [-0.3, -0.25) is 5.32 Å². The van der Waals surface area contributed by atoms with Gasteiger partial charge in [-0.05, 0) is 44.7 Å². The number of aryl methyl sites for hydroxylation is 3. The summed E-state index contributed by atoms with van der Waals surface area (Å²) in [7, 11) is -6.00. The van der Waals surface area contributed by atoms with Crippen LogP contribution in [0.3, 0.4) is 0 Å². The molecule has 2 nitrogen and oxygen atoms in total. The van der Waals surface area contributed by atoms with E-state index < -0.39 is 7.25 Å². The highest BCUT2D eigenvalue weighted by molar-refractivity contribution is 6.50. The summed E-state index contributed by atoms with van der Waals surface area (Å²) in [5.41, 5.74) is 6.83. The first kappa shape index (κ1) is 20.7. The van der Waals surface area contributed by atoms with Crippen molar-refractivity contribution in [2.24, 2.45) is 10.9 Å². The Morgan fingerprint density at radius 2 is 1.42 bits per heavy atom. The molecule has 0 amide bonds. The Labute approximate surface area is 152 Å². The first-order valence-corrected chi connectivity index (χ1v) is 9.23.